The molecule has 2 fully saturated rings. The second-order valence-corrected chi connectivity index (χ2v) is 7.45. The molecule has 0 radical (unpaired) electrons. The number of hydrogen-bond donors (Lipinski definition) is 0. The minimum absolute atomic E-state index is 0.0277. The van der Waals surface area contributed by atoms with Gasteiger partial charge in [-0.05, 0) is 37.8 Å². The van der Waals surface area contributed by atoms with E-state index in [1.807, 2.05) is 29.2 Å². The lowest BCUT2D eigenvalue weighted by atomic mass is 9.94. The van der Waals surface area contributed by atoms with E-state index in [9.17, 15) is 9.59 Å². The quantitative estimate of drug-likeness (QED) is 0.705. The van der Waals surface area contributed by atoms with Gasteiger partial charge in [0.1, 0.15) is 5.75 Å². The Morgan fingerprint density at radius 1 is 1.07 bits per heavy atom. The van der Waals surface area contributed by atoms with E-state index in [-0.39, 0.29) is 23.8 Å². The summed E-state index contributed by atoms with van der Waals surface area (Å²) in [5.41, 5.74) is 1.05. The van der Waals surface area contributed by atoms with E-state index < -0.39 is 0 Å². The van der Waals surface area contributed by atoms with Crippen molar-refractivity contribution in [3.63, 3.8) is 0 Å². The SMILES string of the molecule is C=CC(=O)N1CCC(C(=O)N2CCC(OCc3ccccc3OC)CC2)CC1. The zero-order valence-corrected chi connectivity index (χ0v) is 16.6. The van der Waals surface area contributed by atoms with Crippen molar-refractivity contribution in [2.45, 2.75) is 38.4 Å². The van der Waals surface area contributed by atoms with Crippen LogP contribution in [0.15, 0.2) is 36.9 Å². The van der Waals surface area contributed by atoms with E-state index in [1.165, 1.54) is 6.08 Å². The molecule has 2 heterocycles. The first-order chi connectivity index (χ1) is 13.6. The lowest BCUT2D eigenvalue weighted by Crippen LogP contribution is -2.47. The Hall–Kier alpha value is -2.34. The summed E-state index contributed by atoms with van der Waals surface area (Å²) in [7, 11) is 1.67. The number of para-hydroxylation sites is 1. The molecule has 0 atom stereocenters. The molecule has 2 saturated heterocycles. The highest BCUT2D eigenvalue weighted by Gasteiger charge is 2.31. The number of carbonyl (C=O) groups is 2. The van der Waals surface area contributed by atoms with Gasteiger partial charge in [-0.1, -0.05) is 24.8 Å². The number of ether oxygens (including phenoxy) is 2. The molecule has 3 rings (SSSR count). The van der Waals surface area contributed by atoms with Gasteiger partial charge < -0.3 is 19.3 Å². The summed E-state index contributed by atoms with van der Waals surface area (Å²) in [6.45, 7) is 6.81. The highest BCUT2D eigenvalue weighted by atomic mass is 16.5. The molecule has 6 heteroatoms. The molecule has 1 aromatic carbocycles. The van der Waals surface area contributed by atoms with Gasteiger partial charge in [0.2, 0.25) is 11.8 Å². The van der Waals surface area contributed by atoms with Crippen molar-refractivity contribution < 1.29 is 19.1 Å². The molecule has 2 amide bonds. The molecule has 0 aromatic heterocycles. The largest absolute Gasteiger partial charge is 0.496 e. The Labute approximate surface area is 167 Å². The van der Waals surface area contributed by atoms with Crippen molar-refractivity contribution in [2.24, 2.45) is 5.92 Å². The standard InChI is InChI=1S/C22H30N2O4/c1-3-21(25)23-12-8-17(9-13-23)22(26)24-14-10-19(11-15-24)28-16-18-6-4-5-7-20(18)27-2/h3-7,17,19H,1,8-16H2,2H3. The van der Waals surface area contributed by atoms with E-state index >= 15 is 0 Å². The summed E-state index contributed by atoms with van der Waals surface area (Å²) in [5, 5.41) is 0. The monoisotopic (exact) mass is 386 g/mol. The van der Waals surface area contributed by atoms with Gasteiger partial charge in [0.25, 0.3) is 0 Å². The van der Waals surface area contributed by atoms with Crippen molar-refractivity contribution >= 4 is 11.8 Å². The molecular weight excluding hydrogens is 356 g/mol. The zero-order chi connectivity index (χ0) is 19.9. The lowest BCUT2D eigenvalue weighted by molar-refractivity contribution is -0.141. The van der Waals surface area contributed by atoms with E-state index in [4.69, 9.17) is 9.47 Å². The van der Waals surface area contributed by atoms with E-state index in [2.05, 4.69) is 6.58 Å². The third kappa shape index (κ3) is 4.93. The van der Waals surface area contributed by atoms with Crippen LogP contribution in [0.25, 0.3) is 0 Å². The third-order valence-electron chi connectivity index (χ3n) is 5.75. The average Bonchev–Trinajstić information content (AvgIpc) is 2.77. The molecule has 0 N–H and O–H groups in total. The summed E-state index contributed by atoms with van der Waals surface area (Å²) < 4.78 is 11.4. The minimum Gasteiger partial charge on any atom is -0.496 e. The van der Waals surface area contributed by atoms with Crippen LogP contribution < -0.4 is 4.74 Å². The van der Waals surface area contributed by atoms with E-state index in [0.717, 1.165) is 50.1 Å². The number of piperidine rings is 2. The molecule has 0 spiro atoms. The van der Waals surface area contributed by atoms with Crippen LogP contribution in [0.2, 0.25) is 0 Å². The normalized spacial score (nSPS) is 18.8. The van der Waals surface area contributed by atoms with Gasteiger partial charge in [0.05, 0.1) is 19.8 Å². The number of methoxy groups -OCH3 is 1. The van der Waals surface area contributed by atoms with Crippen LogP contribution in [-0.4, -0.2) is 61.0 Å². The lowest BCUT2D eigenvalue weighted by Gasteiger charge is -2.37. The molecule has 28 heavy (non-hydrogen) atoms. The molecule has 2 aliphatic rings. The summed E-state index contributed by atoms with van der Waals surface area (Å²) in [6, 6.07) is 7.88. The molecule has 0 unspecified atom stereocenters. The predicted octanol–water partition coefficient (Wildman–Crippen LogP) is 2.63. The molecule has 0 aliphatic carbocycles. The molecule has 0 saturated carbocycles. The zero-order valence-electron chi connectivity index (χ0n) is 16.6. The van der Waals surface area contributed by atoms with Crippen molar-refractivity contribution in [3.05, 3.63) is 42.5 Å². The fraction of sp³-hybridized carbons (Fsp3) is 0.545. The smallest absolute Gasteiger partial charge is 0.245 e. The fourth-order valence-corrected chi connectivity index (χ4v) is 4.01. The first kappa shape index (κ1) is 20.4. The highest BCUT2D eigenvalue weighted by molar-refractivity contribution is 5.87. The van der Waals surface area contributed by atoms with Crippen LogP contribution in [0.5, 0.6) is 5.75 Å². The molecule has 6 nitrogen and oxygen atoms in total. The van der Waals surface area contributed by atoms with Gasteiger partial charge >= 0.3 is 0 Å². The molecule has 0 bridgehead atoms. The Morgan fingerprint density at radius 3 is 2.36 bits per heavy atom. The van der Waals surface area contributed by atoms with E-state index in [1.54, 1.807) is 12.0 Å². The van der Waals surface area contributed by atoms with Crippen LogP contribution in [0, 0.1) is 5.92 Å². The number of likely N-dealkylation sites (tertiary alicyclic amines) is 2. The van der Waals surface area contributed by atoms with Gasteiger partial charge in [0.15, 0.2) is 0 Å². The number of rotatable bonds is 6. The number of benzene rings is 1. The Balaban J connectivity index is 1.42. The molecule has 1 aromatic rings. The van der Waals surface area contributed by atoms with Gasteiger partial charge in [-0.2, -0.15) is 0 Å². The van der Waals surface area contributed by atoms with E-state index in [0.29, 0.717) is 19.7 Å². The molecule has 2 aliphatic heterocycles. The van der Waals surface area contributed by atoms with Crippen LogP contribution in [0.3, 0.4) is 0 Å². The van der Waals surface area contributed by atoms with Crippen molar-refractivity contribution in [3.8, 4) is 5.75 Å². The van der Waals surface area contributed by atoms with Crippen LogP contribution in [0.4, 0.5) is 0 Å². The summed E-state index contributed by atoms with van der Waals surface area (Å²) in [4.78, 5) is 28.2. The average molecular weight is 386 g/mol. The van der Waals surface area contributed by atoms with Gasteiger partial charge in [-0.25, -0.2) is 0 Å². The van der Waals surface area contributed by atoms with Gasteiger partial charge in [-0.15, -0.1) is 0 Å². The van der Waals surface area contributed by atoms with Crippen LogP contribution >= 0.6 is 0 Å². The number of nitrogens with zero attached hydrogens (tertiary/aromatic N) is 2. The molecule has 152 valence electrons. The summed E-state index contributed by atoms with van der Waals surface area (Å²) in [6.07, 6.45) is 4.70. The van der Waals surface area contributed by atoms with Crippen LogP contribution in [0.1, 0.15) is 31.2 Å². The fourth-order valence-electron chi connectivity index (χ4n) is 4.01. The Morgan fingerprint density at radius 2 is 1.71 bits per heavy atom. The third-order valence-corrected chi connectivity index (χ3v) is 5.75. The maximum absolute atomic E-state index is 12.8. The number of amides is 2. The second kappa shape index (κ2) is 9.73. The topological polar surface area (TPSA) is 59.1 Å². The van der Waals surface area contributed by atoms with Crippen molar-refractivity contribution in [2.75, 3.05) is 33.3 Å². The predicted molar refractivity (Wildman–Crippen MR) is 107 cm³/mol. The number of carbonyl (C=O) groups excluding carboxylic acids is 2. The maximum atomic E-state index is 12.8. The summed E-state index contributed by atoms with van der Waals surface area (Å²) >= 11 is 0. The van der Waals surface area contributed by atoms with Crippen molar-refractivity contribution in [1.29, 1.82) is 0 Å². The highest BCUT2D eigenvalue weighted by Crippen LogP contribution is 2.24. The van der Waals surface area contributed by atoms with Gasteiger partial charge in [0, 0.05) is 37.7 Å². The number of hydrogen-bond acceptors (Lipinski definition) is 4. The van der Waals surface area contributed by atoms with Crippen molar-refractivity contribution in [1.82, 2.24) is 9.80 Å². The second-order valence-electron chi connectivity index (χ2n) is 7.45. The summed E-state index contributed by atoms with van der Waals surface area (Å²) in [5.74, 6) is 1.06. The van der Waals surface area contributed by atoms with Crippen LogP contribution in [-0.2, 0) is 20.9 Å². The first-order valence-corrected chi connectivity index (χ1v) is 10.1. The maximum Gasteiger partial charge on any atom is 0.245 e. The minimum atomic E-state index is -0.0427. The van der Waals surface area contributed by atoms with Gasteiger partial charge in [-0.3, -0.25) is 9.59 Å². The first-order valence-electron chi connectivity index (χ1n) is 10.1. The molecular formula is C22H30N2O4. The Bertz CT molecular complexity index is 690. The Kier molecular flexibility index (Phi) is 7.09.